The van der Waals surface area contributed by atoms with Crippen molar-refractivity contribution < 1.29 is 9.53 Å². The zero-order valence-corrected chi connectivity index (χ0v) is 17.2. The Morgan fingerprint density at radius 1 is 1.07 bits per heavy atom. The topological polar surface area (TPSA) is 55.5 Å². The number of carbonyl (C=O) groups excluding carboxylic acids is 1. The first-order valence-electron chi connectivity index (χ1n) is 10.00. The lowest BCUT2D eigenvalue weighted by atomic mass is 10.2. The number of hydrogen-bond acceptors (Lipinski definition) is 4. The molecule has 0 unspecified atom stereocenters. The smallest absolute Gasteiger partial charge is 0.272 e. The Kier molecular flexibility index (Phi) is 5.29. The molecule has 1 amide bonds. The van der Waals surface area contributed by atoms with Crippen LogP contribution in [0.2, 0.25) is 0 Å². The van der Waals surface area contributed by atoms with Gasteiger partial charge in [-0.25, -0.2) is 0 Å². The van der Waals surface area contributed by atoms with Crippen LogP contribution in [0, 0.1) is 0 Å². The van der Waals surface area contributed by atoms with Crippen molar-refractivity contribution in [3.8, 4) is 17.1 Å². The number of carbonyl (C=O) groups is 1. The van der Waals surface area contributed by atoms with Crippen molar-refractivity contribution in [1.29, 1.82) is 0 Å². The number of para-hydroxylation sites is 2. The summed E-state index contributed by atoms with van der Waals surface area (Å²) in [6.45, 7) is 5.52. The summed E-state index contributed by atoms with van der Waals surface area (Å²) in [5, 5.41) is 4.55. The number of amides is 1. The van der Waals surface area contributed by atoms with E-state index < -0.39 is 0 Å². The van der Waals surface area contributed by atoms with Crippen molar-refractivity contribution in [3.63, 3.8) is 0 Å². The van der Waals surface area contributed by atoms with Gasteiger partial charge in [-0.1, -0.05) is 12.1 Å². The second-order valence-electron chi connectivity index (χ2n) is 7.22. The Labute approximate surface area is 171 Å². The number of aryl methyl sites for hydroxylation is 2. The Balaban J connectivity index is 1.46. The van der Waals surface area contributed by atoms with Gasteiger partial charge in [0.25, 0.3) is 5.91 Å². The SMILES string of the molecule is CCOc1ccccc1N1CCN(C(=O)c2cc(-c3cccn3C)nn2C)CC1. The van der Waals surface area contributed by atoms with E-state index in [1.165, 1.54) is 0 Å². The standard InChI is InChI=1S/C22H27N5O2/c1-4-29-21-10-6-5-8-19(21)26-12-14-27(15-13-26)22(28)20-16-17(23-25(20)3)18-9-7-11-24(18)2/h5-11,16H,4,12-15H2,1-3H3. The first-order chi connectivity index (χ1) is 14.1. The van der Waals surface area contributed by atoms with E-state index >= 15 is 0 Å². The van der Waals surface area contributed by atoms with Crippen LogP contribution < -0.4 is 9.64 Å². The minimum atomic E-state index is 0.0261. The van der Waals surface area contributed by atoms with E-state index in [2.05, 4.69) is 16.1 Å². The number of ether oxygens (including phenoxy) is 1. The van der Waals surface area contributed by atoms with Gasteiger partial charge in [-0.15, -0.1) is 0 Å². The first kappa shape index (κ1) is 19.1. The van der Waals surface area contributed by atoms with Crippen LogP contribution in [0.1, 0.15) is 17.4 Å². The average Bonchev–Trinajstić information content (AvgIpc) is 3.33. The van der Waals surface area contributed by atoms with E-state index in [0.717, 1.165) is 35.9 Å². The van der Waals surface area contributed by atoms with Crippen LogP contribution >= 0.6 is 0 Å². The highest BCUT2D eigenvalue weighted by molar-refractivity contribution is 5.93. The monoisotopic (exact) mass is 393 g/mol. The zero-order valence-electron chi connectivity index (χ0n) is 17.2. The maximum Gasteiger partial charge on any atom is 0.272 e. The highest BCUT2D eigenvalue weighted by Crippen LogP contribution is 2.29. The summed E-state index contributed by atoms with van der Waals surface area (Å²) >= 11 is 0. The van der Waals surface area contributed by atoms with Crippen molar-refractivity contribution in [3.05, 3.63) is 54.4 Å². The van der Waals surface area contributed by atoms with Crippen LogP contribution in [0.3, 0.4) is 0 Å². The molecule has 29 heavy (non-hydrogen) atoms. The van der Waals surface area contributed by atoms with Gasteiger partial charge < -0.3 is 19.1 Å². The molecule has 0 radical (unpaired) electrons. The molecule has 0 saturated carbocycles. The molecule has 2 aromatic heterocycles. The largest absolute Gasteiger partial charge is 0.492 e. The molecule has 0 N–H and O–H groups in total. The van der Waals surface area contributed by atoms with Gasteiger partial charge in [0.1, 0.15) is 17.1 Å². The molecule has 3 heterocycles. The molecule has 0 spiro atoms. The fourth-order valence-corrected chi connectivity index (χ4v) is 3.83. The molecule has 7 nitrogen and oxygen atoms in total. The summed E-state index contributed by atoms with van der Waals surface area (Å²) in [7, 11) is 3.80. The maximum atomic E-state index is 13.1. The van der Waals surface area contributed by atoms with Crippen molar-refractivity contribution in [2.45, 2.75) is 6.92 Å². The number of piperazine rings is 1. The summed E-state index contributed by atoms with van der Waals surface area (Å²) in [4.78, 5) is 17.3. The number of benzene rings is 1. The van der Waals surface area contributed by atoms with Crippen molar-refractivity contribution in [1.82, 2.24) is 19.2 Å². The number of hydrogen-bond donors (Lipinski definition) is 0. The van der Waals surface area contributed by atoms with E-state index in [0.29, 0.717) is 25.4 Å². The Morgan fingerprint density at radius 2 is 1.83 bits per heavy atom. The summed E-state index contributed by atoms with van der Waals surface area (Å²) in [5.41, 5.74) is 3.52. The molecular formula is C22H27N5O2. The van der Waals surface area contributed by atoms with Gasteiger partial charge in [-0.3, -0.25) is 9.48 Å². The lowest BCUT2D eigenvalue weighted by Gasteiger charge is -2.36. The molecule has 0 aliphatic carbocycles. The van der Waals surface area contributed by atoms with E-state index in [-0.39, 0.29) is 5.91 Å². The lowest BCUT2D eigenvalue weighted by molar-refractivity contribution is 0.0735. The highest BCUT2D eigenvalue weighted by Gasteiger charge is 2.26. The van der Waals surface area contributed by atoms with Crippen LogP contribution in [0.4, 0.5) is 5.69 Å². The van der Waals surface area contributed by atoms with Crippen LogP contribution in [0.5, 0.6) is 5.75 Å². The normalized spacial score (nSPS) is 14.3. The van der Waals surface area contributed by atoms with Crippen molar-refractivity contribution >= 4 is 11.6 Å². The van der Waals surface area contributed by atoms with Crippen LogP contribution in [0.25, 0.3) is 11.4 Å². The molecule has 1 aromatic carbocycles. The minimum absolute atomic E-state index is 0.0261. The molecule has 3 aromatic rings. The molecular weight excluding hydrogens is 366 g/mol. The summed E-state index contributed by atoms with van der Waals surface area (Å²) in [6, 6.07) is 14.0. The third-order valence-electron chi connectivity index (χ3n) is 5.38. The van der Waals surface area contributed by atoms with Gasteiger partial charge in [-0.2, -0.15) is 5.10 Å². The Hall–Kier alpha value is -3.22. The van der Waals surface area contributed by atoms with E-state index in [1.54, 1.807) is 4.68 Å². The van der Waals surface area contributed by atoms with Crippen LogP contribution in [-0.2, 0) is 14.1 Å². The van der Waals surface area contributed by atoms with Gasteiger partial charge in [0.05, 0.1) is 18.0 Å². The predicted molar refractivity (Wildman–Crippen MR) is 113 cm³/mol. The van der Waals surface area contributed by atoms with E-state index in [9.17, 15) is 4.79 Å². The van der Waals surface area contributed by atoms with Gasteiger partial charge >= 0.3 is 0 Å². The highest BCUT2D eigenvalue weighted by atomic mass is 16.5. The fourth-order valence-electron chi connectivity index (χ4n) is 3.83. The third-order valence-corrected chi connectivity index (χ3v) is 5.38. The molecule has 152 valence electrons. The van der Waals surface area contributed by atoms with Gasteiger partial charge in [0.15, 0.2) is 0 Å². The summed E-state index contributed by atoms with van der Waals surface area (Å²) in [5.74, 6) is 0.923. The fraction of sp³-hybridized carbons (Fsp3) is 0.364. The molecule has 0 bridgehead atoms. The molecule has 1 saturated heterocycles. The van der Waals surface area contributed by atoms with Gasteiger partial charge in [0.2, 0.25) is 0 Å². The molecule has 1 aliphatic heterocycles. The van der Waals surface area contributed by atoms with Crippen LogP contribution in [-0.4, -0.2) is 57.9 Å². The molecule has 1 fully saturated rings. The van der Waals surface area contributed by atoms with E-state index in [1.807, 2.05) is 73.1 Å². The molecule has 7 heteroatoms. The number of aromatic nitrogens is 3. The molecule has 1 aliphatic rings. The van der Waals surface area contributed by atoms with E-state index in [4.69, 9.17) is 4.74 Å². The minimum Gasteiger partial charge on any atom is -0.492 e. The predicted octanol–water partition coefficient (Wildman–Crippen LogP) is 2.79. The third kappa shape index (κ3) is 3.72. The molecule has 0 atom stereocenters. The second-order valence-corrected chi connectivity index (χ2v) is 7.22. The number of rotatable bonds is 5. The summed E-state index contributed by atoms with van der Waals surface area (Å²) in [6.07, 6.45) is 1.98. The molecule has 4 rings (SSSR count). The van der Waals surface area contributed by atoms with Crippen LogP contribution in [0.15, 0.2) is 48.7 Å². The van der Waals surface area contributed by atoms with Crippen molar-refractivity contribution in [2.24, 2.45) is 14.1 Å². The lowest BCUT2D eigenvalue weighted by Crippen LogP contribution is -2.49. The van der Waals surface area contributed by atoms with Crippen molar-refractivity contribution in [2.75, 3.05) is 37.7 Å². The Morgan fingerprint density at radius 3 is 2.52 bits per heavy atom. The number of nitrogens with zero attached hydrogens (tertiary/aromatic N) is 5. The quantitative estimate of drug-likeness (QED) is 0.669. The summed E-state index contributed by atoms with van der Waals surface area (Å²) < 4.78 is 9.45. The first-order valence-corrected chi connectivity index (χ1v) is 10.00. The van der Waals surface area contributed by atoms with Gasteiger partial charge in [-0.05, 0) is 37.3 Å². The Bertz CT molecular complexity index is 998. The second kappa shape index (κ2) is 8.03. The maximum absolute atomic E-state index is 13.1. The average molecular weight is 393 g/mol. The van der Waals surface area contributed by atoms with Gasteiger partial charge in [0, 0.05) is 46.5 Å². The number of anilines is 1. The zero-order chi connectivity index (χ0) is 20.4.